The maximum Gasteiger partial charge on any atom is 0.161 e. The highest BCUT2D eigenvalue weighted by atomic mass is 32.2. The van der Waals surface area contributed by atoms with Crippen molar-refractivity contribution in [2.45, 2.75) is 6.54 Å². The number of benzene rings is 1. The van der Waals surface area contributed by atoms with Crippen LogP contribution in [0.4, 0.5) is 5.82 Å². The second kappa shape index (κ2) is 4.28. The number of hydrogen-bond donors (Lipinski definition) is 0. The second-order valence-corrected chi connectivity index (χ2v) is 5.46. The molecule has 3 aromatic rings. The summed E-state index contributed by atoms with van der Waals surface area (Å²) in [5.41, 5.74) is 2.07. The number of fused-ring (bicyclic) bond motifs is 1. The average molecular weight is 268 g/mol. The molecule has 0 atom stereocenters. The van der Waals surface area contributed by atoms with Gasteiger partial charge in [0.25, 0.3) is 0 Å². The number of para-hydroxylation sites is 1. The van der Waals surface area contributed by atoms with Gasteiger partial charge in [-0.3, -0.25) is 14.0 Å². The van der Waals surface area contributed by atoms with Crippen molar-refractivity contribution in [2.24, 2.45) is 0 Å². The summed E-state index contributed by atoms with van der Waals surface area (Å²) in [4.78, 5) is 4.66. The van der Waals surface area contributed by atoms with Gasteiger partial charge in [-0.1, -0.05) is 24.3 Å². The van der Waals surface area contributed by atoms with Crippen molar-refractivity contribution in [3.8, 4) is 0 Å². The lowest BCUT2D eigenvalue weighted by Gasteiger charge is -2.03. The maximum atomic E-state index is 4.66. The Kier molecular flexibility index (Phi) is 2.45. The summed E-state index contributed by atoms with van der Waals surface area (Å²) in [6, 6.07) is 14.4. The fourth-order valence-corrected chi connectivity index (χ4v) is 2.52. The molecule has 19 heavy (non-hydrogen) atoms. The van der Waals surface area contributed by atoms with E-state index in [4.69, 9.17) is 0 Å². The van der Waals surface area contributed by atoms with Crippen LogP contribution in [-0.2, 0) is 6.54 Å². The standard InChI is InChI=1S/C14H12N4S/c1-2-4-13-11(3-1)5-6-12(15-13)9-17-8-7-14(16-17)18-10-19-18/h1-8H,9-10H2. The minimum atomic E-state index is 0.712. The van der Waals surface area contributed by atoms with Crippen LogP contribution in [0.1, 0.15) is 5.69 Å². The van der Waals surface area contributed by atoms with Crippen LogP contribution in [0.15, 0.2) is 48.7 Å². The number of aromatic nitrogens is 3. The molecule has 1 fully saturated rings. The van der Waals surface area contributed by atoms with Crippen molar-refractivity contribution in [2.75, 3.05) is 10.2 Å². The van der Waals surface area contributed by atoms with Crippen molar-refractivity contribution in [3.63, 3.8) is 0 Å². The molecule has 1 aliphatic rings. The minimum absolute atomic E-state index is 0.712. The number of pyridine rings is 1. The van der Waals surface area contributed by atoms with Crippen LogP contribution in [0.25, 0.3) is 10.9 Å². The second-order valence-electron chi connectivity index (χ2n) is 4.50. The Bertz CT molecular complexity index is 733. The SMILES string of the molecule is c1ccc2nc(Cn3ccc(N4CS4)n3)ccc2c1. The largest absolute Gasteiger partial charge is 0.286 e. The van der Waals surface area contributed by atoms with Crippen LogP contribution in [0.3, 0.4) is 0 Å². The molecular weight excluding hydrogens is 256 g/mol. The molecule has 0 unspecified atom stereocenters. The summed E-state index contributed by atoms with van der Waals surface area (Å²) >= 11 is 1.78. The topological polar surface area (TPSA) is 33.7 Å². The van der Waals surface area contributed by atoms with E-state index in [9.17, 15) is 0 Å². The number of anilines is 1. The highest BCUT2D eigenvalue weighted by Crippen LogP contribution is 2.33. The predicted molar refractivity (Wildman–Crippen MR) is 78.0 cm³/mol. The Morgan fingerprint density at radius 2 is 2.00 bits per heavy atom. The van der Waals surface area contributed by atoms with E-state index in [1.807, 2.05) is 35.1 Å². The number of hydrogen-bond acceptors (Lipinski definition) is 4. The Morgan fingerprint density at radius 3 is 2.89 bits per heavy atom. The van der Waals surface area contributed by atoms with Gasteiger partial charge >= 0.3 is 0 Å². The molecule has 0 spiro atoms. The molecule has 2 aromatic heterocycles. The lowest BCUT2D eigenvalue weighted by Crippen LogP contribution is -2.03. The molecule has 5 heteroatoms. The molecule has 3 heterocycles. The molecule has 0 bridgehead atoms. The molecule has 0 N–H and O–H groups in total. The van der Waals surface area contributed by atoms with E-state index in [-0.39, 0.29) is 0 Å². The molecule has 0 aliphatic carbocycles. The molecular formula is C14H12N4S. The Balaban J connectivity index is 1.62. The first-order valence-electron chi connectivity index (χ1n) is 6.17. The molecule has 1 saturated heterocycles. The maximum absolute atomic E-state index is 4.66. The van der Waals surface area contributed by atoms with E-state index < -0.39 is 0 Å². The van der Waals surface area contributed by atoms with E-state index in [1.54, 1.807) is 11.9 Å². The fourth-order valence-electron chi connectivity index (χ4n) is 2.10. The number of rotatable bonds is 3. The van der Waals surface area contributed by atoms with Gasteiger partial charge in [0.1, 0.15) is 0 Å². The van der Waals surface area contributed by atoms with Crippen LogP contribution in [-0.4, -0.2) is 20.6 Å². The summed E-state index contributed by atoms with van der Waals surface area (Å²) < 4.78 is 4.09. The van der Waals surface area contributed by atoms with Crippen LogP contribution >= 0.6 is 11.9 Å². The van der Waals surface area contributed by atoms with Crippen LogP contribution in [0, 0.1) is 0 Å². The molecule has 0 radical (unpaired) electrons. The summed E-state index contributed by atoms with van der Waals surface area (Å²) in [5.74, 6) is 2.08. The molecule has 94 valence electrons. The van der Waals surface area contributed by atoms with Gasteiger partial charge in [-0.15, -0.1) is 0 Å². The first-order valence-corrected chi connectivity index (χ1v) is 7.11. The van der Waals surface area contributed by atoms with E-state index in [1.165, 1.54) is 5.39 Å². The average Bonchev–Trinajstić information content (AvgIpc) is 3.20. The highest BCUT2D eigenvalue weighted by Gasteiger charge is 2.22. The third-order valence-corrected chi connectivity index (χ3v) is 3.82. The molecule has 1 aliphatic heterocycles. The van der Waals surface area contributed by atoms with Gasteiger partial charge in [0.05, 0.1) is 23.6 Å². The van der Waals surface area contributed by atoms with E-state index >= 15 is 0 Å². The smallest absolute Gasteiger partial charge is 0.161 e. The van der Waals surface area contributed by atoms with Crippen molar-refractivity contribution in [3.05, 3.63) is 54.4 Å². The van der Waals surface area contributed by atoms with Gasteiger partial charge in [-0.05, 0) is 24.1 Å². The van der Waals surface area contributed by atoms with Gasteiger partial charge in [0.2, 0.25) is 0 Å². The zero-order chi connectivity index (χ0) is 12.7. The zero-order valence-electron chi connectivity index (χ0n) is 10.2. The highest BCUT2D eigenvalue weighted by molar-refractivity contribution is 8.07. The number of nitrogens with zero attached hydrogens (tertiary/aromatic N) is 4. The molecule has 4 rings (SSSR count). The Labute approximate surface area is 115 Å². The Hall–Kier alpha value is -2.01. The predicted octanol–water partition coefficient (Wildman–Crippen LogP) is 2.91. The lowest BCUT2D eigenvalue weighted by atomic mass is 10.2. The summed E-state index contributed by atoms with van der Waals surface area (Å²) in [7, 11) is 0. The van der Waals surface area contributed by atoms with Crippen LogP contribution < -0.4 is 4.31 Å². The van der Waals surface area contributed by atoms with E-state index in [0.717, 1.165) is 22.9 Å². The van der Waals surface area contributed by atoms with Gasteiger partial charge in [-0.25, -0.2) is 0 Å². The van der Waals surface area contributed by atoms with E-state index in [2.05, 4.69) is 32.6 Å². The van der Waals surface area contributed by atoms with Crippen LogP contribution in [0.5, 0.6) is 0 Å². The van der Waals surface area contributed by atoms with Crippen molar-refractivity contribution >= 4 is 28.7 Å². The zero-order valence-corrected chi connectivity index (χ0v) is 11.0. The summed E-state index contributed by atoms with van der Waals surface area (Å²) in [6.07, 6.45) is 2.01. The lowest BCUT2D eigenvalue weighted by molar-refractivity contribution is 0.676. The van der Waals surface area contributed by atoms with E-state index in [0.29, 0.717) is 6.54 Å². The minimum Gasteiger partial charge on any atom is -0.286 e. The third-order valence-electron chi connectivity index (χ3n) is 3.12. The summed E-state index contributed by atoms with van der Waals surface area (Å²) in [5, 5.41) is 5.70. The van der Waals surface area contributed by atoms with Gasteiger partial charge in [-0.2, -0.15) is 5.10 Å². The van der Waals surface area contributed by atoms with Crippen LogP contribution in [0.2, 0.25) is 0 Å². The first kappa shape index (κ1) is 10.9. The molecule has 4 nitrogen and oxygen atoms in total. The third kappa shape index (κ3) is 2.17. The molecule has 0 saturated carbocycles. The summed E-state index contributed by atoms with van der Waals surface area (Å²) in [6.45, 7) is 0.712. The van der Waals surface area contributed by atoms with Gasteiger partial charge in [0.15, 0.2) is 5.82 Å². The molecule has 1 aromatic carbocycles. The normalized spacial score (nSPS) is 14.0. The fraction of sp³-hybridized carbons (Fsp3) is 0.143. The van der Waals surface area contributed by atoms with Gasteiger partial charge < -0.3 is 0 Å². The Morgan fingerprint density at radius 1 is 1.11 bits per heavy atom. The monoisotopic (exact) mass is 268 g/mol. The van der Waals surface area contributed by atoms with Crippen molar-refractivity contribution in [1.29, 1.82) is 0 Å². The van der Waals surface area contributed by atoms with Gasteiger partial charge in [0, 0.05) is 17.6 Å². The first-order chi connectivity index (χ1) is 9.38. The quantitative estimate of drug-likeness (QED) is 0.540. The van der Waals surface area contributed by atoms with Crippen molar-refractivity contribution in [1.82, 2.24) is 14.8 Å². The van der Waals surface area contributed by atoms with Crippen molar-refractivity contribution < 1.29 is 0 Å². The molecule has 0 amide bonds.